The Labute approximate surface area is 181 Å². The van der Waals surface area contributed by atoms with Crippen LogP contribution >= 0.6 is 23.4 Å². The van der Waals surface area contributed by atoms with Crippen LogP contribution in [0.25, 0.3) is 11.0 Å². The molecule has 0 N–H and O–H groups in total. The van der Waals surface area contributed by atoms with Crippen LogP contribution in [0.5, 0.6) is 0 Å². The van der Waals surface area contributed by atoms with Crippen molar-refractivity contribution in [2.24, 2.45) is 0 Å². The summed E-state index contributed by atoms with van der Waals surface area (Å²) in [6, 6.07) is 15.7. The van der Waals surface area contributed by atoms with Gasteiger partial charge in [-0.1, -0.05) is 23.7 Å². The fourth-order valence-electron chi connectivity index (χ4n) is 3.86. The summed E-state index contributed by atoms with van der Waals surface area (Å²) in [4.78, 5) is 29.5. The molecule has 0 radical (unpaired) electrons. The molecule has 3 heterocycles. The Morgan fingerprint density at radius 3 is 2.60 bits per heavy atom. The summed E-state index contributed by atoms with van der Waals surface area (Å²) in [7, 11) is 0. The van der Waals surface area contributed by atoms with Crippen molar-refractivity contribution in [1.82, 2.24) is 4.90 Å². The summed E-state index contributed by atoms with van der Waals surface area (Å²) in [5.74, 6) is 0.358. The molecule has 2 aromatic heterocycles. The van der Waals surface area contributed by atoms with E-state index >= 15 is 0 Å². The SMILES string of the molecule is CSc1ccc([C@H]2c3c(oc4ccc(Cl)cc4c3=O)C(=O)N2Cc2ccco2)cc1. The zero-order valence-electron chi connectivity index (χ0n) is 15.9. The average Bonchev–Trinajstić information content (AvgIpc) is 3.37. The van der Waals surface area contributed by atoms with Crippen molar-refractivity contribution in [3.05, 3.63) is 98.8 Å². The highest BCUT2D eigenvalue weighted by Gasteiger charge is 2.43. The number of hydrogen-bond donors (Lipinski definition) is 0. The van der Waals surface area contributed by atoms with E-state index in [-0.39, 0.29) is 23.6 Å². The average molecular weight is 438 g/mol. The van der Waals surface area contributed by atoms with E-state index in [1.165, 1.54) is 0 Å². The first kappa shape index (κ1) is 19.0. The number of amides is 1. The number of carbonyl (C=O) groups is 1. The lowest BCUT2D eigenvalue weighted by Gasteiger charge is -2.24. The number of thioether (sulfide) groups is 1. The van der Waals surface area contributed by atoms with Crippen molar-refractivity contribution in [2.75, 3.05) is 6.26 Å². The van der Waals surface area contributed by atoms with Gasteiger partial charge in [0.25, 0.3) is 5.91 Å². The van der Waals surface area contributed by atoms with E-state index in [0.29, 0.717) is 27.3 Å². The maximum atomic E-state index is 13.4. The quantitative estimate of drug-likeness (QED) is 0.394. The number of benzene rings is 2. The van der Waals surface area contributed by atoms with Crippen LogP contribution in [-0.4, -0.2) is 17.1 Å². The normalized spacial score (nSPS) is 15.7. The van der Waals surface area contributed by atoms with Gasteiger partial charge in [-0.15, -0.1) is 11.8 Å². The molecule has 0 fully saturated rings. The van der Waals surface area contributed by atoms with Gasteiger partial charge in [0.15, 0.2) is 5.43 Å². The Morgan fingerprint density at radius 2 is 1.90 bits per heavy atom. The molecule has 0 saturated heterocycles. The minimum absolute atomic E-state index is 0.0697. The lowest BCUT2D eigenvalue weighted by Crippen LogP contribution is -2.29. The van der Waals surface area contributed by atoms with Crippen molar-refractivity contribution in [3.63, 3.8) is 0 Å². The molecule has 1 aliphatic rings. The molecule has 0 spiro atoms. The molecule has 0 aliphatic carbocycles. The Morgan fingerprint density at radius 1 is 1.10 bits per heavy atom. The Hall–Kier alpha value is -2.96. The molecule has 5 nitrogen and oxygen atoms in total. The van der Waals surface area contributed by atoms with Crippen LogP contribution in [0, 0.1) is 0 Å². The summed E-state index contributed by atoms with van der Waals surface area (Å²) < 4.78 is 11.4. The molecule has 0 unspecified atom stereocenters. The second kappa shape index (κ2) is 7.38. The monoisotopic (exact) mass is 437 g/mol. The third-order valence-corrected chi connectivity index (χ3v) is 6.24. The smallest absolute Gasteiger partial charge is 0.291 e. The van der Waals surface area contributed by atoms with E-state index in [1.807, 2.05) is 30.5 Å². The fourth-order valence-corrected chi connectivity index (χ4v) is 4.44. The van der Waals surface area contributed by atoms with Gasteiger partial charge in [0.05, 0.1) is 29.8 Å². The first-order chi connectivity index (χ1) is 14.6. The van der Waals surface area contributed by atoms with Gasteiger partial charge in [-0.05, 0) is 54.3 Å². The van der Waals surface area contributed by atoms with Gasteiger partial charge < -0.3 is 13.7 Å². The highest BCUT2D eigenvalue weighted by molar-refractivity contribution is 7.98. The first-order valence-electron chi connectivity index (χ1n) is 9.30. The van der Waals surface area contributed by atoms with Crippen molar-refractivity contribution in [2.45, 2.75) is 17.5 Å². The molecule has 7 heteroatoms. The van der Waals surface area contributed by atoms with Crippen LogP contribution < -0.4 is 5.43 Å². The van der Waals surface area contributed by atoms with Crippen LogP contribution in [0.1, 0.15) is 33.5 Å². The van der Waals surface area contributed by atoms with Crippen molar-refractivity contribution in [3.8, 4) is 0 Å². The maximum absolute atomic E-state index is 13.4. The van der Waals surface area contributed by atoms with E-state index in [1.54, 1.807) is 53.3 Å². The van der Waals surface area contributed by atoms with E-state index in [0.717, 1.165) is 10.5 Å². The molecular formula is C23H16ClNO4S. The van der Waals surface area contributed by atoms with E-state index in [9.17, 15) is 9.59 Å². The van der Waals surface area contributed by atoms with Crippen molar-refractivity contribution in [1.29, 1.82) is 0 Å². The predicted molar refractivity (Wildman–Crippen MR) is 116 cm³/mol. The zero-order chi connectivity index (χ0) is 20.8. The Kier molecular flexibility index (Phi) is 4.68. The fraction of sp³-hybridized carbons (Fsp3) is 0.130. The van der Waals surface area contributed by atoms with Crippen LogP contribution in [-0.2, 0) is 6.54 Å². The molecular weight excluding hydrogens is 422 g/mol. The number of furan rings is 1. The third kappa shape index (κ3) is 3.04. The summed E-state index contributed by atoms with van der Waals surface area (Å²) in [5.41, 5.74) is 1.26. The van der Waals surface area contributed by atoms with E-state index < -0.39 is 6.04 Å². The molecule has 0 saturated carbocycles. The number of carbonyl (C=O) groups excluding carboxylic acids is 1. The number of fused-ring (bicyclic) bond motifs is 2. The van der Waals surface area contributed by atoms with Gasteiger partial charge in [-0.25, -0.2) is 0 Å². The van der Waals surface area contributed by atoms with Crippen molar-refractivity contribution >= 4 is 40.2 Å². The van der Waals surface area contributed by atoms with Crippen LogP contribution in [0.3, 0.4) is 0 Å². The molecule has 2 aromatic carbocycles. The molecule has 4 aromatic rings. The highest BCUT2D eigenvalue weighted by atomic mass is 35.5. The van der Waals surface area contributed by atoms with Gasteiger partial charge in [-0.3, -0.25) is 9.59 Å². The third-order valence-electron chi connectivity index (χ3n) is 5.27. The molecule has 1 atom stereocenters. The van der Waals surface area contributed by atoms with Crippen LogP contribution in [0.15, 0.2) is 79.4 Å². The number of nitrogens with zero attached hydrogens (tertiary/aromatic N) is 1. The maximum Gasteiger partial charge on any atom is 0.291 e. The second-order valence-corrected chi connectivity index (χ2v) is 8.32. The van der Waals surface area contributed by atoms with Crippen molar-refractivity contribution < 1.29 is 13.6 Å². The van der Waals surface area contributed by atoms with Gasteiger partial charge >= 0.3 is 0 Å². The van der Waals surface area contributed by atoms with E-state index in [4.69, 9.17) is 20.4 Å². The molecule has 1 amide bonds. The number of rotatable bonds is 4. The van der Waals surface area contributed by atoms with E-state index in [2.05, 4.69) is 0 Å². The first-order valence-corrected chi connectivity index (χ1v) is 10.9. The Balaban J connectivity index is 1.73. The molecule has 0 bridgehead atoms. The lowest BCUT2D eigenvalue weighted by molar-refractivity contribution is 0.0701. The minimum atomic E-state index is -0.576. The van der Waals surface area contributed by atoms with Crippen LogP contribution in [0.4, 0.5) is 0 Å². The standard InChI is InChI=1S/C23H16ClNO4S/c1-30-16-7-4-13(5-8-16)20-19-21(26)17-11-14(24)6-9-18(17)29-22(19)23(27)25(20)12-15-3-2-10-28-15/h2-11,20H,12H2,1H3/t20-/m0/s1. The predicted octanol–water partition coefficient (Wildman–Crippen LogP) is 5.51. The van der Waals surface area contributed by atoms with Crippen LogP contribution in [0.2, 0.25) is 5.02 Å². The van der Waals surface area contributed by atoms with Gasteiger partial charge in [0, 0.05) is 9.92 Å². The molecule has 1 aliphatic heterocycles. The lowest BCUT2D eigenvalue weighted by atomic mass is 9.98. The van der Waals surface area contributed by atoms with Gasteiger partial charge in [0.1, 0.15) is 11.3 Å². The molecule has 150 valence electrons. The summed E-state index contributed by atoms with van der Waals surface area (Å²) >= 11 is 7.73. The minimum Gasteiger partial charge on any atom is -0.467 e. The Bertz CT molecular complexity index is 1310. The number of halogens is 1. The second-order valence-electron chi connectivity index (χ2n) is 7.00. The zero-order valence-corrected chi connectivity index (χ0v) is 17.5. The molecule has 5 rings (SSSR count). The molecule has 30 heavy (non-hydrogen) atoms. The topological polar surface area (TPSA) is 63.7 Å². The highest BCUT2D eigenvalue weighted by Crippen LogP contribution is 2.39. The van der Waals surface area contributed by atoms with Gasteiger partial charge in [-0.2, -0.15) is 0 Å². The number of hydrogen-bond acceptors (Lipinski definition) is 5. The summed E-state index contributed by atoms with van der Waals surface area (Å²) in [6.45, 7) is 0.224. The largest absolute Gasteiger partial charge is 0.467 e. The summed E-state index contributed by atoms with van der Waals surface area (Å²) in [5, 5.41) is 0.798. The summed E-state index contributed by atoms with van der Waals surface area (Å²) in [6.07, 6.45) is 3.56. The van der Waals surface area contributed by atoms with Gasteiger partial charge in [0.2, 0.25) is 5.76 Å².